The molecule has 0 radical (unpaired) electrons. The van der Waals surface area contributed by atoms with Crippen molar-refractivity contribution >= 4 is 33.2 Å². The van der Waals surface area contributed by atoms with E-state index >= 15 is 0 Å². The van der Waals surface area contributed by atoms with Crippen LogP contribution in [0.25, 0.3) is 0 Å². The molecule has 7 nitrogen and oxygen atoms in total. The fourth-order valence-corrected chi connectivity index (χ4v) is 10.0. The maximum Gasteiger partial charge on any atom is 0.264 e. The summed E-state index contributed by atoms with van der Waals surface area (Å²) in [5.74, 6) is 0.379. The van der Waals surface area contributed by atoms with E-state index in [0.717, 1.165) is 42.8 Å². The number of fused-ring (bicyclic) bond motifs is 4. The van der Waals surface area contributed by atoms with Crippen molar-refractivity contribution in [1.82, 2.24) is 4.72 Å². The molecular formula is C35H45ClN2O5S. The van der Waals surface area contributed by atoms with Crippen LogP contribution in [-0.2, 0) is 21.9 Å². The molecule has 2 aromatic rings. The molecule has 6 atom stereocenters. The Bertz CT molecular complexity index is 1540. The fraction of sp³-hybridized carbons (Fsp3) is 0.571. The smallest absolute Gasteiger partial charge is 0.264 e. The minimum atomic E-state index is -3.97. The number of amides is 1. The summed E-state index contributed by atoms with van der Waals surface area (Å²) in [6.45, 7) is 7.81. The van der Waals surface area contributed by atoms with Crippen LogP contribution >= 0.6 is 11.6 Å². The molecule has 9 heteroatoms. The molecule has 2 N–H and O–H groups in total. The third-order valence-corrected chi connectivity index (χ3v) is 12.6. The van der Waals surface area contributed by atoms with Crippen LogP contribution in [0.15, 0.2) is 48.6 Å². The molecule has 2 aliphatic carbocycles. The van der Waals surface area contributed by atoms with Crippen molar-refractivity contribution in [3.05, 3.63) is 70.3 Å². The lowest BCUT2D eigenvalue weighted by Crippen LogP contribution is -2.49. The first kappa shape index (κ1) is 31.4. The predicted molar refractivity (Wildman–Crippen MR) is 175 cm³/mol. The van der Waals surface area contributed by atoms with Crippen molar-refractivity contribution in [3.8, 4) is 5.75 Å². The van der Waals surface area contributed by atoms with Gasteiger partial charge in [-0.05, 0) is 110 Å². The summed E-state index contributed by atoms with van der Waals surface area (Å²) in [7, 11) is -3.97. The second kappa shape index (κ2) is 12.3. The zero-order valence-corrected chi connectivity index (χ0v) is 27.5. The van der Waals surface area contributed by atoms with Crippen molar-refractivity contribution in [2.45, 2.75) is 82.5 Å². The van der Waals surface area contributed by atoms with Gasteiger partial charge in [-0.2, -0.15) is 0 Å². The van der Waals surface area contributed by atoms with Crippen LogP contribution < -0.4 is 14.4 Å². The van der Waals surface area contributed by atoms with Crippen LogP contribution in [-0.4, -0.2) is 50.5 Å². The zero-order chi connectivity index (χ0) is 31.2. The number of benzene rings is 2. The SMILES string of the molecule is CC(C)C[C@H]1[C@@H](C)C/C=C\[C@H](O)[C@@H]2CC[C@H]2CN2C[C@@]3(CCCc4cc(Cl)ccc43)COc3ccc(cc32)C(=O)NS1(=O)=O. The third-order valence-electron chi connectivity index (χ3n) is 10.5. The van der Waals surface area contributed by atoms with Gasteiger partial charge >= 0.3 is 0 Å². The number of aliphatic hydroxyl groups excluding tert-OH is 1. The maximum absolute atomic E-state index is 13.7. The number of carbonyl (C=O) groups is 1. The molecule has 1 amide bonds. The highest BCUT2D eigenvalue weighted by molar-refractivity contribution is 7.90. The lowest BCUT2D eigenvalue weighted by molar-refractivity contribution is 0.0455. The number of rotatable bonds is 2. The van der Waals surface area contributed by atoms with Crippen molar-refractivity contribution in [2.24, 2.45) is 23.7 Å². The molecule has 2 aliphatic heterocycles. The fourth-order valence-electron chi connectivity index (χ4n) is 7.93. The molecule has 0 unspecified atom stereocenters. The summed E-state index contributed by atoms with van der Waals surface area (Å²) in [4.78, 5) is 15.9. The summed E-state index contributed by atoms with van der Waals surface area (Å²) in [6.07, 6.45) is 9.08. The van der Waals surface area contributed by atoms with Crippen LogP contribution in [0.2, 0.25) is 5.02 Å². The Morgan fingerprint density at radius 3 is 2.75 bits per heavy atom. The Balaban J connectivity index is 1.42. The highest BCUT2D eigenvalue weighted by Crippen LogP contribution is 2.46. The molecule has 0 aromatic heterocycles. The largest absolute Gasteiger partial charge is 0.490 e. The number of nitrogens with zero attached hydrogens (tertiary/aromatic N) is 1. The Hall–Kier alpha value is -2.55. The number of allylic oxidation sites excluding steroid dienone is 1. The van der Waals surface area contributed by atoms with Crippen molar-refractivity contribution in [1.29, 1.82) is 0 Å². The van der Waals surface area contributed by atoms with Gasteiger partial charge in [0, 0.05) is 29.1 Å². The number of hydrogen-bond donors (Lipinski definition) is 2. The standard InChI is InChI=1S/C35H45ClN2O5S/c1-22(2)16-33-23(3)6-4-8-31(39)28-12-9-26(28)19-38-20-35(15-5-7-24-17-27(36)11-13-29(24)35)21-43-32-14-10-25(18-30(32)38)34(40)37-44(33,41)42/h4,8,10-11,13-14,17-18,22-23,26,28,31,33,39H,5-7,9,12,15-16,19-21H2,1-3H3,(H,37,40)/b8-4-/t23-,26-,28+,31-,33-,35-/m0/s1. The van der Waals surface area contributed by atoms with E-state index in [1.54, 1.807) is 12.1 Å². The van der Waals surface area contributed by atoms with E-state index < -0.39 is 27.3 Å². The average Bonchev–Trinajstić information content (AvgIpc) is 3.10. The number of sulfonamides is 1. The third kappa shape index (κ3) is 6.14. The monoisotopic (exact) mass is 640 g/mol. The topological polar surface area (TPSA) is 95.9 Å². The molecule has 238 valence electrons. The summed E-state index contributed by atoms with van der Waals surface area (Å²) in [5, 5.41) is 11.2. The van der Waals surface area contributed by atoms with Gasteiger partial charge < -0.3 is 14.7 Å². The van der Waals surface area contributed by atoms with Crippen LogP contribution in [0.4, 0.5) is 5.69 Å². The number of nitrogens with one attached hydrogen (secondary N) is 1. The van der Waals surface area contributed by atoms with Gasteiger partial charge in [-0.1, -0.05) is 50.6 Å². The molecule has 1 spiro atoms. The number of ether oxygens (including phenoxy) is 1. The Labute approximate surface area is 267 Å². The second-order valence-electron chi connectivity index (χ2n) is 14.1. The van der Waals surface area contributed by atoms with Crippen molar-refractivity contribution in [2.75, 3.05) is 24.6 Å². The number of aryl methyl sites for hydroxylation is 1. The minimum Gasteiger partial charge on any atom is -0.490 e. The van der Waals surface area contributed by atoms with Gasteiger partial charge in [0.1, 0.15) is 5.75 Å². The molecular weight excluding hydrogens is 596 g/mol. The molecule has 2 heterocycles. The van der Waals surface area contributed by atoms with E-state index in [4.69, 9.17) is 16.3 Å². The highest BCUT2D eigenvalue weighted by Gasteiger charge is 2.44. The first-order valence-electron chi connectivity index (χ1n) is 16.2. The Kier molecular flexibility index (Phi) is 8.81. The summed E-state index contributed by atoms with van der Waals surface area (Å²) in [5.41, 5.74) is 3.34. The van der Waals surface area contributed by atoms with Crippen LogP contribution in [0.1, 0.15) is 80.8 Å². The molecule has 0 saturated heterocycles. The molecule has 2 aromatic carbocycles. The van der Waals surface area contributed by atoms with Gasteiger partial charge in [-0.25, -0.2) is 13.1 Å². The normalized spacial score (nSPS) is 32.5. The van der Waals surface area contributed by atoms with Gasteiger partial charge in [-0.15, -0.1) is 0 Å². The number of halogens is 1. The quantitative estimate of drug-likeness (QED) is 0.376. The average molecular weight is 641 g/mol. The van der Waals surface area contributed by atoms with Crippen LogP contribution in [0, 0.1) is 23.7 Å². The number of aliphatic hydroxyl groups is 1. The van der Waals surface area contributed by atoms with E-state index in [0.29, 0.717) is 43.9 Å². The first-order chi connectivity index (χ1) is 21.0. The van der Waals surface area contributed by atoms with E-state index in [1.807, 2.05) is 45.1 Å². The Morgan fingerprint density at radius 2 is 2.00 bits per heavy atom. The zero-order valence-electron chi connectivity index (χ0n) is 26.0. The van der Waals surface area contributed by atoms with Gasteiger partial charge in [0.25, 0.3) is 5.91 Å². The molecule has 2 bridgehead atoms. The van der Waals surface area contributed by atoms with E-state index in [2.05, 4.69) is 21.8 Å². The van der Waals surface area contributed by atoms with Crippen molar-refractivity contribution in [3.63, 3.8) is 0 Å². The summed E-state index contributed by atoms with van der Waals surface area (Å²) >= 11 is 6.40. The first-order valence-corrected chi connectivity index (χ1v) is 18.1. The van der Waals surface area contributed by atoms with E-state index in [1.165, 1.54) is 11.1 Å². The van der Waals surface area contributed by atoms with E-state index in [9.17, 15) is 18.3 Å². The van der Waals surface area contributed by atoms with Crippen LogP contribution in [0.5, 0.6) is 5.75 Å². The molecule has 4 aliphatic rings. The molecule has 1 saturated carbocycles. The number of carbonyl (C=O) groups excluding carboxylic acids is 1. The number of anilines is 1. The summed E-state index contributed by atoms with van der Waals surface area (Å²) in [6, 6.07) is 11.4. The van der Waals surface area contributed by atoms with Gasteiger partial charge in [0.15, 0.2) is 0 Å². The predicted octanol–water partition coefficient (Wildman–Crippen LogP) is 6.27. The Morgan fingerprint density at radius 1 is 1.18 bits per heavy atom. The molecule has 44 heavy (non-hydrogen) atoms. The van der Waals surface area contributed by atoms with E-state index in [-0.39, 0.29) is 29.1 Å². The molecule has 1 fully saturated rings. The van der Waals surface area contributed by atoms with Crippen molar-refractivity contribution < 1.29 is 23.1 Å². The minimum absolute atomic E-state index is 0.122. The molecule has 6 rings (SSSR count). The van der Waals surface area contributed by atoms with Gasteiger partial charge in [0.2, 0.25) is 10.0 Å². The lowest BCUT2D eigenvalue weighted by Gasteiger charge is -2.45. The lowest BCUT2D eigenvalue weighted by atomic mass is 9.68. The number of hydrogen-bond acceptors (Lipinski definition) is 6. The second-order valence-corrected chi connectivity index (χ2v) is 16.4. The summed E-state index contributed by atoms with van der Waals surface area (Å²) < 4.78 is 36.3. The van der Waals surface area contributed by atoms with Crippen LogP contribution in [0.3, 0.4) is 0 Å². The highest BCUT2D eigenvalue weighted by atomic mass is 35.5. The van der Waals surface area contributed by atoms with Gasteiger partial charge in [-0.3, -0.25) is 4.79 Å². The maximum atomic E-state index is 13.7. The van der Waals surface area contributed by atoms with Gasteiger partial charge in [0.05, 0.1) is 23.6 Å².